The molecule has 0 aromatic rings. The number of aliphatic hydroxyl groups is 1. The van der Waals surface area contributed by atoms with Crippen molar-refractivity contribution in [3.8, 4) is 0 Å². The molecule has 0 aromatic heterocycles. The third-order valence-corrected chi connectivity index (χ3v) is 4.62. The Morgan fingerprint density at radius 1 is 0.906 bits per heavy atom. The number of ketones is 1. The summed E-state index contributed by atoms with van der Waals surface area (Å²) in [5.74, 6) is -1.24. The lowest BCUT2D eigenvalue weighted by Crippen LogP contribution is -2.43. The van der Waals surface area contributed by atoms with E-state index in [9.17, 15) is 19.5 Å². The Bertz CT molecular complexity index is 645. The normalized spacial score (nSPS) is 14.3. The number of rotatable bonds is 18. The number of unbranched alkanes of at least 4 members (excludes halogenated alkanes) is 4. The Balaban J connectivity index is 3.93. The molecule has 182 valence electrons. The summed E-state index contributed by atoms with van der Waals surface area (Å²) in [5.41, 5.74) is 0. The summed E-state index contributed by atoms with van der Waals surface area (Å²) in [4.78, 5) is 34.8. The van der Waals surface area contributed by atoms with Crippen molar-refractivity contribution in [1.29, 1.82) is 0 Å². The number of esters is 1. The first kappa shape index (κ1) is 29.8. The summed E-state index contributed by atoms with van der Waals surface area (Å²) < 4.78 is 5.89. The minimum Gasteiger partial charge on any atom is -0.481 e. The van der Waals surface area contributed by atoms with Crippen LogP contribution in [0.25, 0.3) is 0 Å². The van der Waals surface area contributed by atoms with Gasteiger partial charge in [0.15, 0.2) is 11.9 Å². The highest BCUT2D eigenvalue weighted by atomic mass is 16.5. The van der Waals surface area contributed by atoms with Crippen LogP contribution in [-0.2, 0) is 19.1 Å². The molecular weight excluding hydrogens is 410 g/mol. The predicted molar refractivity (Wildman–Crippen MR) is 126 cm³/mol. The Kier molecular flexibility index (Phi) is 16.1. The second-order valence-corrected chi connectivity index (χ2v) is 9.02. The van der Waals surface area contributed by atoms with Crippen molar-refractivity contribution in [2.75, 3.05) is 27.7 Å². The minimum absolute atomic E-state index is 0.0810. The zero-order chi connectivity index (χ0) is 24.4. The summed E-state index contributed by atoms with van der Waals surface area (Å²) in [6.07, 6.45) is 14.7. The lowest BCUT2D eigenvalue weighted by atomic mass is 10.1. The van der Waals surface area contributed by atoms with Crippen LogP contribution in [0.4, 0.5) is 0 Å². The Hall–Kier alpha value is -2.25. The number of allylic oxidation sites excluding steroid dienone is 5. The molecule has 0 radical (unpaired) electrons. The van der Waals surface area contributed by atoms with Crippen LogP contribution < -0.4 is 0 Å². The number of hydrogen-bond donors (Lipinski definition) is 2. The quantitative estimate of drug-likeness (QED) is 0.108. The van der Waals surface area contributed by atoms with E-state index >= 15 is 0 Å². The maximum Gasteiger partial charge on any atom is 0.307 e. The zero-order valence-corrected chi connectivity index (χ0v) is 20.2. The van der Waals surface area contributed by atoms with E-state index in [0.717, 1.165) is 25.7 Å². The monoisotopic (exact) mass is 452 g/mol. The molecule has 0 bridgehead atoms. The van der Waals surface area contributed by atoms with Gasteiger partial charge in [0.1, 0.15) is 6.54 Å². The summed E-state index contributed by atoms with van der Waals surface area (Å²) in [6.45, 7) is 2.36. The van der Waals surface area contributed by atoms with Gasteiger partial charge < -0.3 is 19.4 Å². The fourth-order valence-corrected chi connectivity index (χ4v) is 3.00. The molecule has 0 spiro atoms. The number of carboxylic acids is 1. The number of hydrogen-bond acceptors (Lipinski definition) is 5. The number of carbonyl (C=O) groups is 3. The van der Waals surface area contributed by atoms with Gasteiger partial charge in [-0.05, 0) is 25.3 Å². The number of aliphatic carboxylic acids is 1. The van der Waals surface area contributed by atoms with E-state index in [-0.39, 0.29) is 24.6 Å². The first-order chi connectivity index (χ1) is 15.0. The summed E-state index contributed by atoms with van der Waals surface area (Å²) >= 11 is 0. The molecule has 0 amide bonds. The molecule has 0 heterocycles. The number of quaternary nitrogens is 1. The van der Waals surface area contributed by atoms with Crippen molar-refractivity contribution >= 4 is 17.7 Å². The van der Waals surface area contributed by atoms with Crippen molar-refractivity contribution < 1.29 is 33.8 Å². The first-order valence-electron chi connectivity index (χ1n) is 11.5. The van der Waals surface area contributed by atoms with Gasteiger partial charge in [0, 0.05) is 12.8 Å². The fraction of sp³-hybridized carbons (Fsp3) is 0.640. The van der Waals surface area contributed by atoms with Gasteiger partial charge in [-0.1, -0.05) is 56.6 Å². The molecule has 2 atom stereocenters. The topological polar surface area (TPSA) is 101 Å². The third kappa shape index (κ3) is 19.7. The van der Waals surface area contributed by atoms with Gasteiger partial charge in [-0.2, -0.15) is 0 Å². The number of carbonyl (C=O) groups excluding carboxylic acids is 2. The van der Waals surface area contributed by atoms with Crippen LogP contribution >= 0.6 is 0 Å². The highest BCUT2D eigenvalue weighted by molar-refractivity contribution is 5.89. The number of nitrogens with zero attached hydrogens (tertiary/aromatic N) is 1. The molecule has 7 nitrogen and oxygen atoms in total. The fourth-order valence-electron chi connectivity index (χ4n) is 3.00. The smallest absolute Gasteiger partial charge is 0.307 e. The molecule has 0 saturated carbocycles. The Morgan fingerprint density at radius 3 is 2.09 bits per heavy atom. The van der Waals surface area contributed by atoms with E-state index in [1.165, 1.54) is 0 Å². The molecule has 7 heteroatoms. The molecule has 0 fully saturated rings. The molecule has 32 heavy (non-hydrogen) atoms. The average Bonchev–Trinajstić information content (AvgIpc) is 2.67. The lowest BCUT2D eigenvalue weighted by molar-refractivity contribution is -0.873. The van der Waals surface area contributed by atoms with Gasteiger partial charge in [0.2, 0.25) is 0 Å². The molecule has 0 aromatic carbocycles. The predicted octanol–water partition coefficient (Wildman–Crippen LogP) is 3.82. The molecule has 0 rings (SSSR count). The highest BCUT2D eigenvalue weighted by Crippen LogP contribution is 2.11. The van der Waals surface area contributed by atoms with Crippen molar-refractivity contribution in [2.45, 2.75) is 76.9 Å². The van der Waals surface area contributed by atoms with Crippen LogP contribution in [0.3, 0.4) is 0 Å². The molecule has 0 aliphatic heterocycles. The summed E-state index contributed by atoms with van der Waals surface area (Å²) in [7, 11) is 5.79. The lowest BCUT2D eigenvalue weighted by Gasteiger charge is -2.28. The highest BCUT2D eigenvalue weighted by Gasteiger charge is 2.24. The van der Waals surface area contributed by atoms with Gasteiger partial charge >= 0.3 is 11.9 Å². The van der Waals surface area contributed by atoms with Crippen molar-refractivity contribution in [3.63, 3.8) is 0 Å². The van der Waals surface area contributed by atoms with E-state index in [2.05, 4.69) is 0 Å². The first-order valence-corrected chi connectivity index (χ1v) is 11.5. The summed E-state index contributed by atoms with van der Waals surface area (Å²) in [6, 6.07) is 0. The molecule has 0 aliphatic rings. The number of likely N-dealkylation sites (N-methyl/N-ethyl adjacent to an activating group) is 1. The van der Waals surface area contributed by atoms with Crippen molar-refractivity contribution in [3.05, 3.63) is 36.5 Å². The van der Waals surface area contributed by atoms with E-state index < -0.39 is 18.2 Å². The van der Waals surface area contributed by atoms with Crippen molar-refractivity contribution in [1.82, 2.24) is 0 Å². The zero-order valence-electron chi connectivity index (χ0n) is 20.2. The standard InChI is InChI=1S/C25H41NO6/c1-5-21(27)15-11-9-10-13-17-22(28)16-12-7-6-8-14-18-25(31)32-23(19-24(29)30)20-26(2,3)4/h9-11,13,15,17,21,23,27H,5-8,12,14,16,18-20H2,1-4H3/p+1/b10-9+,15-11+,17-13+. The third-order valence-electron chi connectivity index (χ3n) is 4.62. The SMILES string of the molecule is CCC(O)/C=C/C=C/C=C/C(=O)CCCCCCCC(=O)OC(CC(=O)O)C[N+](C)(C)C. The van der Waals surface area contributed by atoms with E-state index in [0.29, 0.717) is 30.3 Å². The molecular formula is C25H42NO6+. The van der Waals surface area contributed by atoms with Crippen LogP contribution in [0.15, 0.2) is 36.5 Å². The minimum atomic E-state index is -0.972. The molecule has 0 saturated heterocycles. The van der Waals surface area contributed by atoms with E-state index in [4.69, 9.17) is 9.84 Å². The van der Waals surface area contributed by atoms with E-state index in [1.807, 2.05) is 28.1 Å². The van der Waals surface area contributed by atoms with Gasteiger partial charge in [-0.15, -0.1) is 0 Å². The van der Waals surface area contributed by atoms with Gasteiger partial charge in [-0.25, -0.2) is 0 Å². The van der Waals surface area contributed by atoms with Crippen LogP contribution in [0.1, 0.15) is 64.7 Å². The maximum absolute atomic E-state index is 12.0. The molecule has 2 N–H and O–H groups in total. The van der Waals surface area contributed by atoms with Crippen LogP contribution in [0.2, 0.25) is 0 Å². The van der Waals surface area contributed by atoms with Crippen LogP contribution in [0.5, 0.6) is 0 Å². The molecule has 2 unspecified atom stereocenters. The Labute approximate surface area is 193 Å². The van der Waals surface area contributed by atoms with Gasteiger partial charge in [0.25, 0.3) is 0 Å². The number of ether oxygens (including phenoxy) is 1. The number of aliphatic hydroxyl groups excluding tert-OH is 1. The number of carboxylic acid groups (broad SMARTS) is 1. The average molecular weight is 453 g/mol. The van der Waals surface area contributed by atoms with Crippen LogP contribution in [-0.4, -0.2) is 72.3 Å². The van der Waals surface area contributed by atoms with Gasteiger partial charge in [-0.3, -0.25) is 14.4 Å². The largest absolute Gasteiger partial charge is 0.481 e. The second-order valence-electron chi connectivity index (χ2n) is 9.02. The van der Waals surface area contributed by atoms with Gasteiger partial charge in [0.05, 0.1) is 33.7 Å². The summed E-state index contributed by atoms with van der Waals surface area (Å²) in [5, 5.41) is 18.4. The van der Waals surface area contributed by atoms with Crippen molar-refractivity contribution in [2.24, 2.45) is 0 Å². The van der Waals surface area contributed by atoms with E-state index in [1.54, 1.807) is 36.5 Å². The maximum atomic E-state index is 12.0. The van der Waals surface area contributed by atoms with Crippen LogP contribution in [0, 0.1) is 0 Å². The second kappa shape index (κ2) is 17.3. The molecule has 0 aliphatic carbocycles. The Morgan fingerprint density at radius 2 is 1.50 bits per heavy atom.